The Morgan fingerprint density at radius 3 is 2.65 bits per heavy atom. The third kappa shape index (κ3) is 1.64. The SMILES string of the molecule is CCOC(=O)C1=CC[C@@H]2[C@H]1[C@@]2(F)C(=O)OCC. The van der Waals surface area contributed by atoms with Crippen molar-refractivity contribution in [2.75, 3.05) is 13.2 Å². The van der Waals surface area contributed by atoms with E-state index in [-0.39, 0.29) is 18.8 Å². The van der Waals surface area contributed by atoms with Gasteiger partial charge in [-0.05, 0) is 20.3 Å². The van der Waals surface area contributed by atoms with Crippen LogP contribution in [0, 0.1) is 11.8 Å². The molecular formula is C12H15FO4. The van der Waals surface area contributed by atoms with E-state index in [1.54, 1.807) is 19.9 Å². The molecule has 0 unspecified atom stereocenters. The summed E-state index contributed by atoms with van der Waals surface area (Å²) in [6, 6.07) is 0. The Labute approximate surface area is 98.8 Å². The average Bonchev–Trinajstić information content (AvgIpc) is 2.72. The smallest absolute Gasteiger partial charge is 0.344 e. The van der Waals surface area contributed by atoms with Crippen molar-refractivity contribution < 1.29 is 23.5 Å². The summed E-state index contributed by atoms with van der Waals surface area (Å²) in [5.41, 5.74) is -1.72. The lowest BCUT2D eigenvalue weighted by Crippen LogP contribution is -2.27. The maximum absolute atomic E-state index is 14.3. The van der Waals surface area contributed by atoms with Crippen LogP contribution in [0.3, 0.4) is 0 Å². The van der Waals surface area contributed by atoms with Gasteiger partial charge in [-0.25, -0.2) is 14.0 Å². The van der Waals surface area contributed by atoms with Gasteiger partial charge in [0.1, 0.15) is 0 Å². The van der Waals surface area contributed by atoms with Gasteiger partial charge in [0.25, 0.3) is 0 Å². The second-order valence-corrected chi connectivity index (χ2v) is 4.19. The molecule has 1 fully saturated rings. The molecule has 0 aromatic carbocycles. The molecule has 0 aromatic rings. The van der Waals surface area contributed by atoms with Crippen LogP contribution in [-0.2, 0) is 19.1 Å². The Bertz CT molecular complexity index is 390. The lowest BCUT2D eigenvalue weighted by molar-refractivity contribution is -0.152. The number of rotatable bonds is 4. The van der Waals surface area contributed by atoms with E-state index in [0.717, 1.165) is 0 Å². The van der Waals surface area contributed by atoms with Crippen molar-refractivity contribution in [1.29, 1.82) is 0 Å². The lowest BCUT2D eigenvalue weighted by atomic mass is 10.1. The number of alkyl halides is 1. The first kappa shape index (κ1) is 12.1. The van der Waals surface area contributed by atoms with E-state index >= 15 is 0 Å². The number of fused-ring (bicyclic) bond motifs is 1. The van der Waals surface area contributed by atoms with Crippen LogP contribution in [0.5, 0.6) is 0 Å². The van der Waals surface area contributed by atoms with Crippen LogP contribution in [0.25, 0.3) is 0 Å². The van der Waals surface area contributed by atoms with E-state index in [0.29, 0.717) is 6.42 Å². The minimum Gasteiger partial charge on any atom is -0.464 e. The van der Waals surface area contributed by atoms with Crippen molar-refractivity contribution in [2.45, 2.75) is 25.9 Å². The quantitative estimate of drug-likeness (QED) is 0.699. The predicted molar refractivity (Wildman–Crippen MR) is 56.8 cm³/mol. The van der Waals surface area contributed by atoms with Crippen molar-refractivity contribution in [3.63, 3.8) is 0 Å². The summed E-state index contributed by atoms with van der Waals surface area (Å²) < 4.78 is 23.8. The second kappa shape index (κ2) is 4.13. The zero-order chi connectivity index (χ0) is 12.6. The molecule has 4 nitrogen and oxygen atoms in total. The van der Waals surface area contributed by atoms with E-state index in [4.69, 9.17) is 9.47 Å². The van der Waals surface area contributed by atoms with Gasteiger partial charge in [-0.15, -0.1) is 0 Å². The zero-order valence-electron chi connectivity index (χ0n) is 9.86. The van der Waals surface area contributed by atoms with Gasteiger partial charge in [-0.1, -0.05) is 6.08 Å². The van der Waals surface area contributed by atoms with Crippen molar-refractivity contribution >= 4 is 11.9 Å². The fourth-order valence-corrected chi connectivity index (χ4v) is 2.50. The minimum atomic E-state index is -2.01. The summed E-state index contributed by atoms with van der Waals surface area (Å²) in [4.78, 5) is 23.0. The first-order valence-electron chi connectivity index (χ1n) is 5.80. The van der Waals surface area contributed by atoms with Crippen molar-refractivity contribution in [2.24, 2.45) is 11.8 Å². The first-order chi connectivity index (χ1) is 8.07. The monoisotopic (exact) mass is 242 g/mol. The molecule has 3 atom stereocenters. The largest absolute Gasteiger partial charge is 0.464 e. The highest BCUT2D eigenvalue weighted by Gasteiger charge is 2.75. The topological polar surface area (TPSA) is 52.6 Å². The Balaban J connectivity index is 2.08. The van der Waals surface area contributed by atoms with E-state index in [1.807, 2.05) is 0 Å². The van der Waals surface area contributed by atoms with E-state index < -0.39 is 29.4 Å². The number of hydrogen-bond acceptors (Lipinski definition) is 4. The molecule has 5 heteroatoms. The minimum absolute atomic E-state index is 0.141. The lowest BCUT2D eigenvalue weighted by Gasteiger charge is -2.10. The molecule has 2 aliphatic rings. The van der Waals surface area contributed by atoms with Gasteiger partial charge >= 0.3 is 11.9 Å². The molecule has 2 rings (SSSR count). The van der Waals surface area contributed by atoms with Gasteiger partial charge in [0, 0.05) is 17.4 Å². The van der Waals surface area contributed by atoms with Crippen LogP contribution in [0.2, 0.25) is 0 Å². The second-order valence-electron chi connectivity index (χ2n) is 4.19. The molecule has 94 valence electrons. The Morgan fingerprint density at radius 2 is 2.06 bits per heavy atom. The van der Waals surface area contributed by atoms with Gasteiger partial charge in [0.05, 0.1) is 13.2 Å². The summed E-state index contributed by atoms with van der Waals surface area (Å²) in [5, 5.41) is 0. The predicted octanol–water partition coefficient (Wildman–Crippen LogP) is 1.40. The number of carbonyl (C=O) groups is 2. The fourth-order valence-electron chi connectivity index (χ4n) is 2.50. The number of ether oxygens (including phenoxy) is 2. The maximum Gasteiger partial charge on any atom is 0.344 e. The fraction of sp³-hybridized carbons (Fsp3) is 0.667. The molecular weight excluding hydrogens is 227 g/mol. The van der Waals surface area contributed by atoms with Crippen molar-refractivity contribution in [3.8, 4) is 0 Å². The van der Waals surface area contributed by atoms with Crippen LogP contribution < -0.4 is 0 Å². The van der Waals surface area contributed by atoms with Crippen LogP contribution in [0.15, 0.2) is 11.6 Å². The third-order valence-electron chi connectivity index (χ3n) is 3.31. The molecule has 0 spiro atoms. The summed E-state index contributed by atoms with van der Waals surface area (Å²) >= 11 is 0. The van der Waals surface area contributed by atoms with Crippen LogP contribution >= 0.6 is 0 Å². The number of esters is 2. The van der Waals surface area contributed by atoms with Crippen LogP contribution in [-0.4, -0.2) is 30.8 Å². The van der Waals surface area contributed by atoms with Gasteiger partial charge in [-0.3, -0.25) is 0 Å². The molecule has 0 aromatic heterocycles. The summed E-state index contributed by atoms with van der Waals surface area (Å²) in [7, 11) is 0. The highest BCUT2D eigenvalue weighted by molar-refractivity contribution is 5.96. The molecule has 0 aliphatic heterocycles. The zero-order valence-corrected chi connectivity index (χ0v) is 9.86. The number of halogens is 1. The van der Waals surface area contributed by atoms with E-state index in [9.17, 15) is 14.0 Å². The Kier molecular flexibility index (Phi) is 2.93. The Hall–Kier alpha value is -1.39. The molecule has 0 amide bonds. The van der Waals surface area contributed by atoms with Gasteiger partial charge < -0.3 is 9.47 Å². The van der Waals surface area contributed by atoms with Gasteiger partial charge in [0.15, 0.2) is 0 Å². The van der Waals surface area contributed by atoms with E-state index in [1.165, 1.54) is 0 Å². The molecule has 0 radical (unpaired) electrons. The molecule has 0 N–H and O–H groups in total. The van der Waals surface area contributed by atoms with Crippen LogP contribution in [0.1, 0.15) is 20.3 Å². The van der Waals surface area contributed by atoms with Gasteiger partial charge in [-0.2, -0.15) is 0 Å². The third-order valence-corrected chi connectivity index (χ3v) is 3.31. The molecule has 0 heterocycles. The number of allylic oxidation sites excluding steroid dienone is 1. The molecule has 1 saturated carbocycles. The molecule has 0 saturated heterocycles. The summed E-state index contributed by atoms with van der Waals surface area (Å²) in [6.07, 6.45) is 2.05. The summed E-state index contributed by atoms with van der Waals surface area (Å²) in [6.45, 7) is 3.70. The van der Waals surface area contributed by atoms with Gasteiger partial charge in [0.2, 0.25) is 5.67 Å². The number of hydrogen-bond donors (Lipinski definition) is 0. The van der Waals surface area contributed by atoms with Crippen molar-refractivity contribution in [1.82, 2.24) is 0 Å². The van der Waals surface area contributed by atoms with Crippen molar-refractivity contribution in [3.05, 3.63) is 11.6 Å². The van der Waals surface area contributed by atoms with Crippen LogP contribution in [0.4, 0.5) is 4.39 Å². The first-order valence-corrected chi connectivity index (χ1v) is 5.80. The highest BCUT2D eigenvalue weighted by Crippen LogP contribution is 2.63. The number of carbonyl (C=O) groups excluding carboxylic acids is 2. The average molecular weight is 242 g/mol. The molecule has 0 bridgehead atoms. The van der Waals surface area contributed by atoms with E-state index in [2.05, 4.69) is 0 Å². The highest BCUT2D eigenvalue weighted by atomic mass is 19.1. The maximum atomic E-state index is 14.3. The normalized spacial score (nSPS) is 33.7. The molecule has 17 heavy (non-hydrogen) atoms. The summed E-state index contributed by atoms with van der Waals surface area (Å²) in [5.74, 6) is -2.49. The molecule has 2 aliphatic carbocycles. The Morgan fingerprint density at radius 1 is 1.41 bits per heavy atom. The standard InChI is InChI=1S/C12H15FO4/c1-3-16-10(14)7-5-6-8-9(7)12(8,13)11(15)17-4-2/h5,8-9H,3-4,6H2,1-2H3/t8-,9+,12-/m1/s1.